The number of hydrogen-bond acceptors (Lipinski definition) is 5. The number of carbonyl (C=O) groups is 3. The zero-order valence-corrected chi connectivity index (χ0v) is 15.8. The van der Waals surface area contributed by atoms with Crippen LogP contribution < -0.4 is 11.1 Å². The van der Waals surface area contributed by atoms with Gasteiger partial charge in [-0.3, -0.25) is 14.5 Å². The molecule has 0 aliphatic carbocycles. The van der Waals surface area contributed by atoms with Crippen LogP contribution in [0.3, 0.4) is 0 Å². The molecule has 4 amide bonds. The first-order valence-electron chi connectivity index (χ1n) is 9.07. The Bertz CT molecular complexity index is 1120. The molecule has 1 aliphatic rings. The van der Waals surface area contributed by atoms with E-state index in [-0.39, 0.29) is 25.0 Å². The SMILES string of the molecule is CN1CC(=O)N(Cc2ccc(C(N)=O)cc2NCc2ccnc3[nH]ccc23)C1=O. The number of carbonyl (C=O) groups excluding carboxylic acids is 3. The number of benzene rings is 1. The van der Waals surface area contributed by atoms with Crippen LogP contribution in [0.15, 0.2) is 42.7 Å². The van der Waals surface area contributed by atoms with Crippen molar-refractivity contribution in [1.29, 1.82) is 0 Å². The van der Waals surface area contributed by atoms with Crippen molar-refractivity contribution in [3.63, 3.8) is 0 Å². The monoisotopic (exact) mass is 392 g/mol. The third-order valence-corrected chi connectivity index (χ3v) is 4.97. The van der Waals surface area contributed by atoms with Gasteiger partial charge in [0.05, 0.1) is 6.54 Å². The molecule has 0 saturated carbocycles. The van der Waals surface area contributed by atoms with E-state index in [1.54, 1.807) is 31.4 Å². The summed E-state index contributed by atoms with van der Waals surface area (Å²) in [7, 11) is 1.58. The highest BCUT2D eigenvalue weighted by molar-refractivity contribution is 6.02. The number of nitrogens with zero attached hydrogens (tertiary/aromatic N) is 3. The molecule has 1 fully saturated rings. The number of likely N-dealkylation sites (N-methyl/N-ethyl adjacent to an activating group) is 1. The summed E-state index contributed by atoms with van der Waals surface area (Å²) in [6.45, 7) is 0.636. The Balaban J connectivity index is 1.62. The van der Waals surface area contributed by atoms with Crippen molar-refractivity contribution < 1.29 is 14.4 Å². The lowest BCUT2D eigenvalue weighted by atomic mass is 10.1. The summed E-state index contributed by atoms with van der Waals surface area (Å²) in [6, 6.07) is 8.44. The highest BCUT2D eigenvalue weighted by Crippen LogP contribution is 2.24. The van der Waals surface area contributed by atoms with E-state index in [0.717, 1.165) is 16.6 Å². The summed E-state index contributed by atoms with van der Waals surface area (Å²) in [5.74, 6) is -0.810. The summed E-state index contributed by atoms with van der Waals surface area (Å²) in [5, 5.41) is 4.29. The predicted octanol–water partition coefficient (Wildman–Crippen LogP) is 1.67. The fourth-order valence-electron chi connectivity index (χ4n) is 3.39. The van der Waals surface area contributed by atoms with E-state index in [9.17, 15) is 14.4 Å². The quantitative estimate of drug-likeness (QED) is 0.551. The number of aromatic nitrogens is 2. The highest BCUT2D eigenvalue weighted by Gasteiger charge is 2.33. The number of imide groups is 1. The third kappa shape index (κ3) is 3.49. The van der Waals surface area contributed by atoms with Gasteiger partial charge in [0.25, 0.3) is 5.91 Å². The number of urea groups is 1. The van der Waals surface area contributed by atoms with Crippen LogP contribution in [0, 0.1) is 0 Å². The third-order valence-electron chi connectivity index (χ3n) is 4.97. The summed E-state index contributed by atoms with van der Waals surface area (Å²) < 4.78 is 0. The van der Waals surface area contributed by atoms with E-state index in [0.29, 0.717) is 23.4 Å². The summed E-state index contributed by atoms with van der Waals surface area (Å²) >= 11 is 0. The number of primary amides is 1. The first kappa shape index (κ1) is 18.5. The van der Waals surface area contributed by atoms with Crippen molar-refractivity contribution in [1.82, 2.24) is 19.8 Å². The molecule has 1 aromatic carbocycles. The summed E-state index contributed by atoms with van der Waals surface area (Å²) in [4.78, 5) is 45.9. The molecular formula is C20H20N6O3. The molecule has 0 atom stereocenters. The van der Waals surface area contributed by atoms with Gasteiger partial charge >= 0.3 is 6.03 Å². The molecule has 3 aromatic rings. The van der Waals surface area contributed by atoms with Crippen molar-refractivity contribution in [3.05, 3.63) is 59.4 Å². The molecule has 4 N–H and O–H groups in total. The Hall–Kier alpha value is -3.88. The standard InChI is InChI=1S/C20H20N6O3/c1-25-11-17(27)26(20(25)29)10-14-3-2-12(18(21)28)8-16(14)24-9-13-4-6-22-19-15(13)5-7-23-19/h2-8,24H,9-11H2,1H3,(H2,21,28)(H,22,23). The van der Waals surface area contributed by atoms with Gasteiger partial charge < -0.3 is 20.9 Å². The topological polar surface area (TPSA) is 124 Å². The Labute approximate surface area is 166 Å². The summed E-state index contributed by atoms with van der Waals surface area (Å²) in [5.41, 5.74) is 8.91. The van der Waals surface area contributed by atoms with Gasteiger partial charge in [0, 0.05) is 42.6 Å². The minimum atomic E-state index is -0.551. The van der Waals surface area contributed by atoms with E-state index in [2.05, 4.69) is 15.3 Å². The van der Waals surface area contributed by atoms with Crippen LogP contribution in [0.2, 0.25) is 0 Å². The average Bonchev–Trinajstić information content (AvgIpc) is 3.27. The van der Waals surface area contributed by atoms with Gasteiger partial charge in [-0.2, -0.15) is 0 Å². The number of nitrogens with two attached hydrogens (primary N) is 1. The minimum Gasteiger partial charge on any atom is -0.381 e. The maximum Gasteiger partial charge on any atom is 0.327 e. The Morgan fingerprint density at radius 1 is 1.24 bits per heavy atom. The van der Waals surface area contributed by atoms with Crippen molar-refractivity contribution >= 4 is 34.6 Å². The second-order valence-corrected chi connectivity index (χ2v) is 6.92. The molecule has 2 aromatic heterocycles. The molecular weight excluding hydrogens is 372 g/mol. The van der Waals surface area contributed by atoms with Crippen molar-refractivity contribution in [3.8, 4) is 0 Å². The number of aromatic amines is 1. The van der Waals surface area contributed by atoms with E-state index >= 15 is 0 Å². The van der Waals surface area contributed by atoms with Crippen LogP contribution in [0.25, 0.3) is 11.0 Å². The zero-order valence-electron chi connectivity index (χ0n) is 15.8. The van der Waals surface area contributed by atoms with Crippen LogP contribution in [-0.2, 0) is 17.9 Å². The molecule has 4 rings (SSSR count). The number of anilines is 1. The lowest BCUT2D eigenvalue weighted by molar-refractivity contribution is -0.125. The first-order chi connectivity index (χ1) is 13.9. The largest absolute Gasteiger partial charge is 0.381 e. The van der Waals surface area contributed by atoms with Gasteiger partial charge in [0.2, 0.25) is 5.91 Å². The number of hydrogen-bond donors (Lipinski definition) is 3. The molecule has 0 bridgehead atoms. The number of amides is 4. The lowest BCUT2D eigenvalue weighted by Gasteiger charge is -2.18. The van der Waals surface area contributed by atoms with Gasteiger partial charge in [-0.05, 0) is 35.4 Å². The number of H-pyrrole nitrogens is 1. The zero-order chi connectivity index (χ0) is 20.5. The average molecular weight is 392 g/mol. The second-order valence-electron chi connectivity index (χ2n) is 6.92. The fraction of sp³-hybridized carbons (Fsp3) is 0.200. The van der Waals surface area contributed by atoms with Crippen LogP contribution in [0.5, 0.6) is 0 Å². The molecule has 3 heterocycles. The molecule has 9 nitrogen and oxygen atoms in total. The fourth-order valence-corrected chi connectivity index (χ4v) is 3.39. The molecule has 9 heteroatoms. The molecule has 1 aliphatic heterocycles. The normalized spacial score (nSPS) is 14.1. The number of rotatable bonds is 6. The molecule has 0 spiro atoms. The van der Waals surface area contributed by atoms with Crippen LogP contribution >= 0.6 is 0 Å². The Morgan fingerprint density at radius 3 is 2.79 bits per heavy atom. The first-order valence-corrected chi connectivity index (χ1v) is 9.07. The van der Waals surface area contributed by atoms with Crippen molar-refractivity contribution in [2.45, 2.75) is 13.1 Å². The van der Waals surface area contributed by atoms with Gasteiger partial charge in [-0.1, -0.05) is 6.07 Å². The predicted molar refractivity (Wildman–Crippen MR) is 107 cm³/mol. The van der Waals surface area contributed by atoms with Gasteiger partial charge in [-0.25, -0.2) is 9.78 Å². The lowest BCUT2D eigenvalue weighted by Crippen LogP contribution is -2.31. The highest BCUT2D eigenvalue weighted by atomic mass is 16.2. The number of pyridine rings is 1. The van der Waals surface area contributed by atoms with E-state index in [4.69, 9.17) is 5.73 Å². The Morgan fingerprint density at radius 2 is 2.07 bits per heavy atom. The van der Waals surface area contributed by atoms with E-state index in [1.165, 1.54) is 9.80 Å². The van der Waals surface area contributed by atoms with Crippen LogP contribution in [0.1, 0.15) is 21.5 Å². The van der Waals surface area contributed by atoms with Gasteiger partial charge in [-0.15, -0.1) is 0 Å². The van der Waals surface area contributed by atoms with E-state index in [1.807, 2.05) is 18.3 Å². The molecule has 1 saturated heterocycles. The van der Waals surface area contributed by atoms with Gasteiger partial charge in [0.1, 0.15) is 12.2 Å². The smallest absolute Gasteiger partial charge is 0.327 e. The Kier molecular flexibility index (Phi) is 4.63. The van der Waals surface area contributed by atoms with Gasteiger partial charge in [0.15, 0.2) is 0 Å². The number of fused-ring (bicyclic) bond motifs is 1. The minimum absolute atomic E-state index is 0.0590. The molecule has 29 heavy (non-hydrogen) atoms. The molecule has 0 unspecified atom stereocenters. The van der Waals surface area contributed by atoms with Crippen molar-refractivity contribution in [2.75, 3.05) is 18.9 Å². The van der Waals surface area contributed by atoms with E-state index < -0.39 is 5.91 Å². The molecule has 0 radical (unpaired) electrons. The number of nitrogens with one attached hydrogen (secondary N) is 2. The molecule has 148 valence electrons. The maximum atomic E-state index is 12.2. The van der Waals surface area contributed by atoms with Crippen LogP contribution in [0.4, 0.5) is 10.5 Å². The summed E-state index contributed by atoms with van der Waals surface area (Å²) in [6.07, 6.45) is 3.54. The second kappa shape index (κ2) is 7.27. The maximum absolute atomic E-state index is 12.2. The van der Waals surface area contributed by atoms with Crippen molar-refractivity contribution in [2.24, 2.45) is 5.73 Å². The van der Waals surface area contributed by atoms with Crippen LogP contribution in [-0.4, -0.2) is 51.2 Å².